The second kappa shape index (κ2) is 2.04. The van der Waals surface area contributed by atoms with Crippen LogP contribution in [0.2, 0.25) is 0 Å². The van der Waals surface area contributed by atoms with Gasteiger partial charge in [0.25, 0.3) is 0 Å². The molecule has 0 atom stereocenters. The van der Waals surface area contributed by atoms with Crippen LogP contribution >= 0.6 is 0 Å². The van der Waals surface area contributed by atoms with Gasteiger partial charge in [0.1, 0.15) is 5.78 Å². The first kappa shape index (κ1) is 6.31. The predicted octanol–water partition coefficient (Wildman–Crippen LogP) is 0.830. The molecule has 1 saturated carbocycles. The van der Waals surface area contributed by atoms with E-state index in [1.54, 1.807) is 0 Å². The molecule has 0 bridgehead atoms. The van der Waals surface area contributed by atoms with E-state index in [4.69, 9.17) is 9.47 Å². The lowest BCUT2D eigenvalue weighted by Crippen LogP contribution is -2.49. The van der Waals surface area contributed by atoms with Crippen molar-refractivity contribution in [2.24, 2.45) is 0 Å². The maximum atomic E-state index is 10.8. The number of hydrogen-bond acceptors (Lipinski definition) is 3. The Kier molecular flexibility index (Phi) is 1.28. The predicted molar refractivity (Wildman–Crippen MR) is 33.2 cm³/mol. The molecule has 1 saturated heterocycles. The van der Waals surface area contributed by atoms with Gasteiger partial charge in [-0.1, -0.05) is 0 Å². The molecule has 0 N–H and O–H groups in total. The first-order chi connectivity index (χ1) is 4.81. The van der Waals surface area contributed by atoms with E-state index in [2.05, 4.69) is 0 Å². The van der Waals surface area contributed by atoms with E-state index in [0.717, 1.165) is 12.8 Å². The molecule has 0 aromatic carbocycles. The quantitative estimate of drug-likeness (QED) is 0.502. The Morgan fingerprint density at radius 3 is 2.20 bits per heavy atom. The minimum atomic E-state index is -0.339. The molecule has 0 unspecified atom stereocenters. The van der Waals surface area contributed by atoms with Gasteiger partial charge in [-0.25, -0.2) is 0 Å². The van der Waals surface area contributed by atoms with Crippen LogP contribution in [0.25, 0.3) is 0 Å². The summed E-state index contributed by atoms with van der Waals surface area (Å²) in [5.41, 5.74) is 0. The second-order valence-electron chi connectivity index (χ2n) is 2.86. The number of ether oxygens (including phenoxy) is 2. The number of ketones is 1. The average molecular weight is 142 g/mol. The Morgan fingerprint density at radius 1 is 1.20 bits per heavy atom. The molecule has 1 aliphatic carbocycles. The monoisotopic (exact) mass is 142 g/mol. The molecule has 1 heterocycles. The van der Waals surface area contributed by atoms with E-state index in [-0.39, 0.29) is 5.79 Å². The fourth-order valence-electron chi connectivity index (χ4n) is 1.42. The van der Waals surface area contributed by atoms with Gasteiger partial charge in [-0.3, -0.25) is 4.79 Å². The molecule has 2 fully saturated rings. The molecule has 0 amide bonds. The summed E-state index contributed by atoms with van der Waals surface area (Å²) >= 11 is 0. The van der Waals surface area contributed by atoms with Crippen LogP contribution in [0, 0.1) is 0 Å². The van der Waals surface area contributed by atoms with Crippen LogP contribution in [0.3, 0.4) is 0 Å². The number of carbonyl (C=O) groups excluding carboxylic acids is 1. The third-order valence-electron chi connectivity index (χ3n) is 2.21. The van der Waals surface area contributed by atoms with Gasteiger partial charge in [0, 0.05) is 25.7 Å². The van der Waals surface area contributed by atoms with Crippen LogP contribution < -0.4 is 0 Å². The van der Waals surface area contributed by atoms with Crippen molar-refractivity contribution in [2.45, 2.75) is 31.5 Å². The maximum absolute atomic E-state index is 10.8. The lowest BCUT2D eigenvalue weighted by molar-refractivity contribution is -0.404. The molecule has 2 rings (SSSR count). The van der Waals surface area contributed by atoms with Crippen molar-refractivity contribution in [1.29, 1.82) is 0 Å². The summed E-state index contributed by atoms with van der Waals surface area (Å²) in [6.45, 7) is 0.411. The average Bonchev–Trinajstić information content (AvgIpc) is 1.86. The first-order valence-corrected chi connectivity index (χ1v) is 3.60. The lowest BCUT2D eigenvalue weighted by atomic mass is 9.92. The Morgan fingerprint density at radius 2 is 1.80 bits per heavy atom. The summed E-state index contributed by atoms with van der Waals surface area (Å²) in [5, 5.41) is 0. The van der Waals surface area contributed by atoms with Gasteiger partial charge < -0.3 is 9.47 Å². The minimum absolute atomic E-state index is 0.338. The third kappa shape index (κ3) is 0.859. The molecular weight excluding hydrogens is 132 g/mol. The molecular formula is C7H10O3. The molecule has 56 valence electrons. The summed E-state index contributed by atoms with van der Waals surface area (Å²) in [7, 11) is 0. The fraction of sp³-hybridized carbons (Fsp3) is 0.857. The highest BCUT2D eigenvalue weighted by molar-refractivity contribution is 5.79. The molecule has 1 spiro atoms. The standard InChI is InChI=1S/C7H10O3/c8-6-1-3-7(4-2-6)9-5-10-7/h1-5H2. The van der Waals surface area contributed by atoms with Gasteiger partial charge in [-0.05, 0) is 0 Å². The first-order valence-electron chi connectivity index (χ1n) is 3.60. The van der Waals surface area contributed by atoms with Crippen LogP contribution in [-0.2, 0) is 14.3 Å². The topological polar surface area (TPSA) is 35.5 Å². The van der Waals surface area contributed by atoms with Crippen molar-refractivity contribution in [2.75, 3.05) is 6.79 Å². The lowest BCUT2D eigenvalue weighted by Gasteiger charge is -2.43. The third-order valence-corrected chi connectivity index (χ3v) is 2.21. The SMILES string of the molecule is O=C1CCC2(CC1)OCO2. The van der Waals surface area contributed by atoms with E-state index < -0.39 is 0 Å². The zero-order chi connectivity index (χ0) is 7.03. The van der Waals surface area contributed by atoms with Gasteiger partial charge in [-0.2, -0.15) is 0 Å². The van der Waals surface area contributed by atoms with E-state index in [1.807, 2.05) is 0 Å². The van der Waals surface area contributed by atoms with E-state index >= 15 is 0 Å². The van der Waals surface area contributed by atoms with Crippen LogP contribution in [0.1, 0.15) is 25.7 Å². The van der Waals surface area contributed by atoms with E-state index in [9.17, 15) is 4.79 Å². The smallest absolute Gasteiger partial charge is 0.174 e. The molecule has 3 nitrogen and oxygen atoms in total. The van der Waals surface area contributed by atoms with E-state index in [0.29, 0.717) is 25.4 Å². The van der Waals surface area contributed by atoms with Crippen molar-refractivity contribution in [3.8, 4) is 0 Å². The molecule has 0 aromatic rings. The fourth-order valence-corrected chi connectivity index (χ4v) is 1.42. The number of rotatable bonds is 0. The van der Waals surface area contributed by atoms with Gasteiger partial charge in [-0.15, -0.1) is 0 Å². The summed E-state index contributed by atoms with van der Waals surface area (Å²) in [6.07, 6.45) is 2.76. The number of carbonyl (C=O) groups is 1. The molecule has 3 heteroatoms. The molecule has 0 aromatic heterocycles. The van der Waals surface area contributed by atoms with Crippen LogP contribution in [0.4, 0.5) is 0 Å². The molecule has 0 radical (unpaired) electrons. The zero-order valence-electron chi connectivity index (χ0n) is 5.76. The summed E-state index contributed by atoms with van der Waals surface area (Å²) in [6, 6.07) is 0. The highest BCUT2D eigenvalue weighted by atomic mass is 16.9. The van der Waals surface area contributed by atoms with Gasteiger partial charge in [0.05, 0.1) is 0 Å². The second-order valence-corrected chi connectivity index (χ2v) is 2.86. The Balaban J connectivity index is 1.96. The van der Waals surface area contributed by atoms with Crippen molar-refractivity contribution in [3.05, 3.63) is 0 Å². The summed E-state index contributed by atoms with van der Waals surface area (Å²) in [5.74, 6) is -0.00167. The van der Waals surface area contributed by atoms with Crippen molar-refractivity contribution in [1.82, 2.24) is 0 Å². The normalized spacial score (nSPS) is 30.2. The highest BCUT2D eigenvalue weighted by Crippen LogP contribution is 2.36. The van der Waals surface area contributed by atoms with Crippen molar-refractivity contribution >= 4 is 5.78 Å². The highest BCUT2D eigenvalue weighted by Gasteiger charge is 2.42. The molecule has 2 aliphatic rings. The Hall–Kier alpha value is -0.410. The Labute approximate surface area is 59.3 Å². The molecule has 10 heavy (non-hydrogen) atoms. The number of Topliss-reactive ketones (excluding diaryl/α,β-unsaturated/α-hetero) is 1. The molecule has 1 aliphatic heterocycles. The summed E-state index contributed by atoms with van der Waals surface area (Å²) < 4.78 is 10.5. The van der Waals surface area contributed by atoms with Gasteiger partial charge >= 0.3 is 0 Å². The van der Waals surface area contributed by atoms with Gasteiger partial charge in [0.2, 0.25) is 0 Å². The van der Waals surface area contributed by atoms with Gasteiger partial charge in [0.15, 0.2) is 12.6 Å². The Bertz CT molecular complexity index is 148. The maximum Gasteiger partial charge on any atom is 0.174 e. The minimum Gasteiger partial charge on any atom is -0.324 e. The number of hydrogen-bond donors (Lipinski definition) is 0. The van der Waals surface area contributed by atoms with Crippen LogP contribution in [-0.4, -0.2) is 18.4 Å². The largest absolute Gasteiger partial charge is 0.324 e. The van der Waals surface area contributed by atoms with Crippen molar-refractivity contribution in [3.63, 3.8) is 0 Å². The van der Waals surface area contributed by atoms with Crippen LogP contribution in [0.15, 0.2) is 0 Å². The van der Waals surface area contributed by atoms with E-state index in [1.165, 1.54) is 0 Å². The zero-order valence-corrected chi connectivity index (χ0v) is 5.76. The van der Waals surface area contributed by atoms with Crippen molar-refractivity contribution < 1.29 is 14.3 Å². The van der Waals surface area contributed by atoms with Crippen LogP contribution in [0.5, 0.6) is 0 Å². The summed E-state index contributed by atoms with van der Waals surface area (Å²) in [4.78, 5) is 10.8.